The number of hydrogen-bond donors (Lipinski definition) is 2. The van der Waals surface area contributed by atoms with E-state index >= 15 is 0 Å². The summed E-state index contributed by atoms with van der Waals surface area (Å²) in [6.45, 7) is 0.399. The molecule has 31 heavy (non-hydrogen) atoms. The highest BCUT2D eigenvalue weighted by molar-refractivity contribution is 5.96. The quantitative estimate of drug-likeness (QED) is 0.332. The van der Waals surface area contributed by atoms with Gasteiger partial charge in [0, 0.05) is 36.9 Å². The molecule has 166 valence electrons. The van der Waals surface area contributed by atoms with Gasteiger partial charge in [0.15, 0.2) is 11.6 Å². The molecule has 0 aliphatic heterocycles. The Kier molecular flexibility index (Phi) is 8.92. The van der Waals surface area contributed by atoms with Crippen molar-refractivity contribution in [2.24, 2.45) is 0 Å². The number of unbranched alkanes of at least 4 members (excludes halogenated alkanes) is 4. The van der Waals surface area contributed by atoms with Crippen molar-refractivity contribution < 1.29 is 19.1 Å². The van der Waals surface area contributed by atoms with Crippen molar-refractivity contribution in [2.75, 3.05) is 6.61 Å². The lowest BCUT2D eigenvalue weighted by molar-refractivity contribution is -0.121. The van der Waals surface area contributed by atoms with E-state index in [2.05, 4.69) is 5.32 Å². The summed E-state index contributed by atoms with van der Waals surface area (Å²) < 4.78 is 13.0. The van der Waals surface area contributed by atoms with Crippen molar-refractivity contribution >= 4 is 11.6 Å². The van der Waals surface area contributed by atoms with E-state index in [-0.39, 0.29) is 24.0 Å². The van der Waals surface area contributed by atoms with Gasteiger partial charge in [0.2, 0.25) is 0 Å². The molecule has 1 saturated carbocycles. The van der Waals surface area contributed by atoms with Crippen LogP contribution in [0.4, 0.5) is 4.39 Å². The molecule has 0 bridgehead atoms. The van der Waals surface area contributed by atoms with Crippen molar-refractivity contribution in [1.29, 1.82) is 0 Å². The summed E-state index contributed by atoms with van der Waals surface area (Å²) in [6.07, 6.45) is 6.70. The molecular formula is C26H32FNO3. The Labute approximate surface area is 183 Å². The zero-order valence-corrected chi connectivity index (χ0v) is 18.0. The lowest BCUT2D eigenvalue weighted by Crippen LogP contribution is -2.17. The summed E-state index contributed by atoms with van der Waals surface area (Å²) in [4.78, 5) is 23.4. The van der Waals surface area contributed by atoms with Crippen LogP contribution in [0.15, 0.2) is 48.5 Å². The Balaban J connectivity index is 1.30. The fourth-order valence-corrected chi connectivity index (χ4v) is 3.92. The predicted octanol–water partition coefficient (Wildman–Crippen LogP) is 4.95. The molecule has 2 unspecified atom stereocenters. The molecule has 0 saturated heterocycles. The van der Waals surface area contributed by atoms with E-state index in [0.717, 1.165) is 56.2 Å². The Morgan fingerprint density at radius 1 is 0.903 bits per heavy atom. The molecule has 2 aromatic carbocycles. The lowest BCUT2D eigenvalue weighted by atomic mass is 10.0. The van der Waals surface area contributed by atoms with Crippen LogP contribution in [0.3, 0.4) is 0 Å². The second-order valence-electron chi connectivity index (χ2n) is 8.47. The molecule has 0 radical (unpaired) electrons. The van der Waals surface area contributed by atoms with Crippen molar-refractivity contribution in [2.45, 2.75) is 69.9 Å². The maximum Gasteiger partial charge on any atom is 0.162 e. The smallest absolute Gasteiger partial charge is 0.162 e. The first kappa shape index (κ1) is 23.3. The van der Waals surface area contributed by atoms with Gasteiger partial charge < -0.3 is 10.4 Å². The van der Waals surface area contributed by atoms with Crippen LogP contribution in [-0.4, -0.2) is 29.3 Å². The van der Waals surface area contributed by atoms with Gasteiger partial charge in [-0.3, -0.25) is 9.59 Å². The number of aliphatic hydroxyl groups excluding tert-OH is 1. The minimum Gasteiger partial charge on any atom is -0.389 e. The Bertz CT molecular complexity index is 848. The summed E-state index contributed by atoms with van der Waals surface area (Å²) in [5.41, 5.74) is 3.09. The molecule has 2 atom stereocenters. The zero-order chi connectivity index (χ0) is 22.1. The van der Waals surface area contributed by atoms with Gasteiger partial charge in [0.05, 0.1) is 0 Å². The molecule has 2 aromatic rings. The number of nitrogens with one attached hydrogen (secondary N) is 1. The van der Waals surface area contributed by atoms with E-state index in [9.17, 15) is 14.0 Å². The van der Waals surface area contributed by atoms with Gasteiger partial charge in [-0.2, -0.15) is 0 Å². The highest BCUT2D eigenvalue weighted by atomic mass is 19.1. The normalized spacial score (nSPS) is 17.5. The van der Waals surface area contributed by atoms with Crippen LogP contribution in [-0.2, 0) is 11.3 Å². The monoisotopic (exact) mass is 425 g/mol. The minimum atomic E-state index is -0.361. The first-order valence-corrected chi connectivity index (χ1v) is 11.3. The molecule has 1 aliphatic carbocycles. The average molecular weight is 426 g/mol. The third-order valence-electron chi connectivity index (χ3n) is 5.97. The molecule has 4 nitrogen and oxygen atoms in total. The maximum atomic E-state index is 13.0. The number of halogens is 1. The number of carbonyl (C=O) groups is 2. The fraction of sp³-hybridized carbons (Fsp3) is 0.462. The van der Waals surface area contributed by atoms with Gasteiger partial charge in [-0.25, -0.2) is 4.39 Å². The van der Waals surface area contributed by atoms with Crippen molar-refractivity contribution in [3.05, 3.63) is 71.0 Å². The first-order chi connectivity index (χ1) is 15.1. The number of rotatable bonds is 14. The van der Waals surface area contributed by atoms with E-state index in [4.69, 9.17) is 5.11 Å². The second-order valence-corrected chi connectivity index (χ2v) is 8.47. The SMILES string of the molecule is O=C(CO)CCCCCCCC(=O)c1ccc(CNC2CC2c2ccc(F)cc2)cc1. The molecule has 0 aromatic heterocycles. The number of aliphatic hydroxyl groups is 1. The number of benzene rings is 2. The molecule has 1 aliphatic rings. The first-order valence-electron chi connectivity index (χ1n) is 11.3. The Hall–Kier alpha value is -2.37. The van der Waals surface area contributed by atoms with Gasteiger partial charge >= 0.3 is 0 Å². The number of hydrogen-bond acceptors (Lipinski definition) is 4. The van der Waals surface area contributed by atoms with Crippen LogP contribution in [0.1, 0.15) is 78.8 Å². The topological polar surface area (TPSA) is 66.4 Å². The summed E-state index contributed by atoms with van der Waals surface area (Å²) in [5.74, 6) is 0.333. The molecule has 0 spiro atoms. The second kappa shape index (κ2) is 11.9. The third kappa shape index (κ3) is 7.67. The molecular weight excluding hydrogens is 393 g/mol. The van der Waals surface area contributed by atoms with Gasteiger partial charge in [-0.05, 0) is 42.5 Å². The van der Waals surface area contributed by atoms with Crippen LogP contribution in [0.5, 0.6) is 0 Å². The van der Waals surface area contributed by atoms with Crippen LogP contribution in [0.25, 0.3) is 0 Å². The highest BCUT2D eigenvalue weighted by Crippen LogP contribution is 2.40. The summed E-state index contributed by atoms with van der Waals surface area (Å²) in [6, 6.07) is 15.0. The Morgan fingerprint density at radius 2 is 1.55 bits per heavy atom. The maximum absolute atomic E-state index is 13.0. The predicted molar refractivity (Wildman–Crippen MR) is 120 cm³/mol. The standard InChI is InChI=1S/C26H32FNO3/c27-22-14-12-20(13-15-22)24-16-25(24)28-17-19-8-10-21(11-9-19)26(31)7-5-3-1-2-4-6-23(30)18-29/h8-15,24-25,28-29H,1-7,16-18H2. The summed E-state index contributed by atoms with van der Waals surface area (Å²) in [5, 5.41) is 12.2. The number of carbonyl (C=O) groups excluding carboxylic acids is 2. The van der Waals surface area contributed by atoms with Gasteiger partial charge in [-0.15, -0.1) is 0 Å². The summed E-state index contributed by atoms with van der Waals surface area (Å²) in [7, 11) is 0. The van der Waals surface area contributed by atoms with Crippen LogP contribution in [0, 0.1) is 5.82 Å². The van der Waals surface area contributed by atoms with E-state index < -0.39 is 0 Å². The highest BCUT2D eigenvalue weighted by Gasteiger charge is 2.37. The van der Waals surface area contributed by atoms with Gasteiger partial charge in [0.1, 0.15) is 12.4 Å². The molecule has 3 rings (SSSR count). The van der Waals surface area contributed by atoms with E-state index in [1.165, 1.54) is 17.7 Å². The van der Waals surface area contributed by atoms with Crippen molar-refractivity contribution in [1.82, 2.24) is 5.32 Å². The van der Waals surface area contributed by atoms with Crippen LogP contribution < -0.4 is 5.32 Å². The van der Waals surface area contributed by atoms with E-state index in [1.54, 1.807) is 0 Å². The molecule has 2 N–H and O–H groups in total. The summed E-state index contributed by atoms with van der Waals surface area (Å²) >= 11 is 0. The lowest BCUT2D eigenvalue weighted by Gasteiger charge is -2.07. The minimum absolute atomic E-state index is 0.0985. The average Bonchev–Trinajstić information content (AvgIpc) is 3.57. The van der Waals surface area contributed by atoms with Crippen LogP contribution >= 0.6 is 0 Å². The largest absolute Gasteiger partial charge is 0.389 e. The molecule has 0 amide bonds. The van der Waals surface area contributed by atoms with Gasteiger partial charge in [0.25, 0.3) is 0 Å². The molecule has 1 fully saturated rings. The number of ketones is 2. The number of Topliss-reactive ketones (excluding diaryl/α,β-unsaturated/α-hetero) is 2. The van der Waals surface area contributed by atoms with E-state index in [0.29, 0.717) is 24.8 Å². The third-order valence-corrected chi connectivity index (χ3v) is 5.97. The molecule has 5 heteroatoms. The van der Waals surface area contributed by atoms with Crippen LogP contribution in [0.2, 0.25) is 0 Å². The van der Waals surface area contributed by atoms with E-state index in [1.807, 2.05) is 36.4 Å². The Morgan fingerprint density at radius 3 is 2.23 bits per heavy atom. The zero-order valence-electron chi connectivity index (χ0n) is 18.0. The van der Waals surface area contributed by atoms with Crippen molar-refractivity contribution in [3.63, 3.8) is 0 Å². The van der Waals surface area contributed by atoms with Crippen molar-refractivity contribution in [3.8, 4) is 0 Å². The fourth-order valence-electron chi connectivity index (χ4n) is 3.92. The van der Waals surface area contributed by atoms with Gasteiger partial charge in [-0.1, -0.05) is 55.7 Å². The molecule has 0 heterocycles.